The summed E-state index contributed by atoms with van der Waals surface area (Å²) in [6.07, 6.45) is 4.12. The Kier molecular flexibility index (Phi) is 5.48. The molecule has 1 aromatic carbocycles. The first-order chi connectivity index (χ1) is 9.93. The van der Waals surface area contributed by atoms with Gasteiger partial charge in [-0.25, -0.2) is 0 Å². The monoisotopic (exact) mass is 287 g/mol. The molecule has 1 aliphatic carbocycles. The van der Waals surface area contributed by atoms with E-state index in [0.29, 0.717) is 6.04 Å². The van der Waals surface area contributed by atoms with Crippen molar-refractivity contribution in [2.45, 2.75) is 66.8 Å². The summed E-state index contributed by atoms with van der Waals surface area (Å²) in [6, 6.07) is 5.23. The molecule has 0 radical (unpaired) electrons. The van der Waals surface area contributed by atoms with E-state index in [9.17, 15) is 0 Å². The zero-order valence-corrected chi connectivity index (χ0v) is 14.8. The van der Waals surface area contributed by atoms with Gasteiger partial charge in [-0.2, -0.15) is 0 Å². The topological polar surface area (TPSA) is 12.0 Å². The molecular weight excluding hydrogens is 254 g/mol. The lowest BCUT2D eigenvalue weighted by atomic mass is 9.71. The normalized spacial score (nSPS) is 27.6. The van der Waals surface area contributed by atoms with Crippen LogP contribution >= 0.6 is 0 Å². The van der Waals surface area contributed by atoms with Crippen LogP contribution in [0.5, 0.6) is 0 Å². The van der Waals surface area contributed by atoms with E-state index < -0.39 is 0 Å². The van der Waals surface area contributed by atoms with Crippen molar-refractivity contribution in [1.29, 1.82) is 0 Å². The summed E-state index contributed by atoms with van der Waals surface area (Å²) in [6.45, 7) is 14.9. The second kappa shape index (κ2) is 6.96. The van der Waals surface area contributed by atoms with Crippen LogP contribution in [0.2, 0.25) is 0 Å². The Balaban J connectivity index is 2.31. The Labute approximate surface area is 131 Å². The van der Waals surface area contributed by atoms with Crippen LogP contribution in [-0.4, -0.2) is 6.54 Å². The molecule has 1 aromatic rings. The van der Waals surface area contributed by atoms with E-state index in [2.05, 4.69) is 59.0 Å². The fourth-order valence-electron chi connectivity index (χ4n) is 4.30. The van der Waals surface area contributed by atoms with Crippen molar-refractivity contribution in [2.75, 3.05) is 6.54 Å². The van der Waals surface area contributed by atoms with Gasteiger partial charge in [0.05, 0.1) is 0 Å². The van der Waals surface area contributed by atoms with Crippen molar-refractivity contribution in [3.8, 4) is 0 Å². The van der Waals surface area contributed by atoms with E-state index in [0.717, 1.165) is 24.3 Å². The van der Waals surface area contributed by atoms with Gasteiger partial charge in [0, 0.05) is 6.04 Å². The minimum atomic E-state index is 0.533. The maximum absolute atomic E-state index is 3.81. The van der Waals surface area contributed by atoms with Crippen LogP contribution in [-0.2, 0) is 0 Å². The SMILES string of the molecule is CCNC(c1c(C)cc(C)cc1C)C1CCC(C)C(C)C1. The Morgan fingerprint density at radius 1 is 1.05 bits per heavy atom. The van der Waals surface area contributed by atoms with E-state index in [4.69, 9.17) is 0 Å². The van der Waals surface area contributed by atoms with Crippen molar-refractivity contribution in [3.05, 3.63) is 34.4 Å². The number of rotatable bonds is 4. The molecule has 0 heterocycles. The summed E-state index contributed by atoms with van der Waals surface area (Å²) >= 11 is 0. The van der Waals surface area contributed by atoms with Gasteiger partial charge in [-0.15, -0.1) is 0 Å². The lowest BCUT2D eigenvalue weighted by molar-refractivity contribution is 0.171. The molecule has 1 aliphatic rings. The average molecular weight is 287 g/mol. The van der Waals surface area contributed by atoms with Crippen LogP contribution in [0, 0.1) is 38.5 Å². The third-order valence-electron chi connectivity index (χ3n) is 5.58. The van der Waals surface area contributed by atoms with Gasteiger partial charge < -0.3 is 5.32 Å². The zero-order valence-electron chi connectivity index (χ0n) is 14.8. The van der Waals surface area contributed by atoms with Crippen LogP contribution in [0.25, 0.3) is 0 Å². The molecule has 0 saturated heterocycles. The van der Waals surface area contributed by atoms with Gasteiger partial charge in [0.2, 0.25) is 0 Å². The third kappa shape index (κ3) is 3.69. The largest absolute Gasteiger partial charge is 0.310 e. The standard InChI is InChI=1S/C20H33N/c1-7-21-20(18-9-8-14(3)15(4)12-18)19-16(5)10-13(2)11-17(19)6/h10-11,14-15,18,20-21H,7-9,12H2,1-6H3. The quantitative estimate of drug-likeness (QED) is 0.788. The molecule has 2 rings (SSSR count). The lowest BCUT2D eigenvalue weighted by Gasteiger charge is -2.38. The summed E-state index contributed by atoms with van der Waals surface area (Å²) in [5, 5.41) is 3.81. The third-order valence-corrected chi connectivity index (χ3v) is 5.58. The number of nitrogens with one attached hydrogen (secondary N) is 1. The molecule has 0 bridgehead atoms. The maximum Gasteiger partial charge on any atom is 0.0353 e. The predicted octanol–water partition coefficient (Wildman–Crippen LogP) is 5.33. The summed E-state index contributed by atoms with van der Waals surface area (Å²) < 4.78 is 0. The highest BCUT2D eigenvalue weighted by Gasteiger charge is 2.31. The van der Waals surface area contributed by atoms with E-state index in [1.807, 2.05) is 0 Å². The highest BCUT2D eigenvalue weighted by atomic mass is 14.9. The van der Waals surface area contributed by atoms with E-state index in [1.165, 1.54) is 36.0 Å². The highest BCUT2D eigenvalue weighted by Crippen LogP contribution is 2.41. The second-order valence-electron chi connectivity index (χ2n) is 7.38. The molecule has 1 N–H and O–H groups in total. The smallest absolute Gasteiger partial charge is 0.0353 e. The molecular formula is C20H33N. The van der Waals surface area contributed by atoms with Gasteiger partial charge in [0.1, 0.15) is 0 Å². The number of benzene rings is 1. The van der Waals surface area contributed by atoms with Crippen LogP contribution in [0.1, 0.15) is 68.3 Å². The average Bonchev–Trinajstić information content (AvgIpc) is 2.40. The molecule has 4 unspecified atom stereocenters. The van der Waals surface area contributed by atoms with Crippen LogP contribution < -0.4 is 5.32 Å². The molecule has 21 heavy (non-hydrogen) atoms. The van der Waals surface area contributed by atoms with Crippen LogP contribution in [0.4, 0.5) is 0 Å². The van der Waals surface area contributed by atoms with Crippen molar-refractivity contribution in [3.63, 3.8) is 0 Å². The first kappa shape index (κ1) is 16.5. The van der Waals surface area contributed by atoms with E-state index >= 15 is 0 Å². The second-order valence-corrected chi connectivity index (χ2v) is 7.38. The van der Waals surface area contributed by atoms with Crippen LogP contribution in [0.15, 0.2) is 12.1 Å². The fourth-order valence-corrected chi connectivity index (χ4v) is 4.30. The molecule has 118 valence electrons. The fraction of sp³-hybridized carbons (Fsp3) is 0.700. The molecule has 0 aliphatic heterocycles. The van der Waals surface area contributed by atoms with Crippen molar-refractivity contribution in [2.24, 2.45) is 17.8 Å². The van der Waals surface area contributed by atoms with Gasteiger partial charge in [0.15, 0.2) is 0 Å². The minimum Gasteiger partial charge on any atom is -0.310 e. The van der Waals surface area contributed by atoms with Crippen molar-refractivity contribution >= 4 is 0 Å². The van der Waals surface area contributed by atoms with Gasteiger partial charge in [0.25, 0.3) is 0 Å². The van der Waals surface area contributed by atoms with Gasteiger partial charge in [-0.1, -0.05) is 44.9 Å². The van der Waals surface area contributed by atoms with Gasteiger partial charge in [-0.05, 0) is 74.6 Å². The molecule has 1 nitrogen and oxygen atoms in total. The molecule has 0 amide bonds. The molecule has 1 heteroatoms. The first-order valence-electron chi connectivity index (χ1n) is 8.75. The van der Waals surface area contributed by atoms with E-state index in [-0.39, 0.29) is 0 Å². The Bertz CT molecular complexity index is 454. The summed E-state index contributed by atoms with van der Waals surface area (Å²) in [5.74, 6) is 2.54. The van der Waals surface area contributed by atoms with E-state index in [1.54, 1.807) is 5.56 Å². The van der Waals surface area contributed by atoms with Gasteiger partial charge in [-0.3, -0.25) is 0 Å². The van der Waals surface area contributed by atoms with Crippen LogP contribution in [0.3, 0.4) is 0 Å². The first-order valence-corrected chi connectivity index (χ1v) is 8.75. The van der Waals surface area contributed by atoms with Gasteiger partial charge >= 0.3 is 0 Å². The number of aryl methyl sites for hydroxylation is 3. The molecule has 1 fully saturated rings. The lowest BCUT2D eigenvalue weighted by Crippen LogP contribution is -2.34. The molecule has 0 spiro atoms. The summed E-state index contributed by atoms with van der Waals surface area (Å²) in [4.78, 5) is 0. The molecule has 4 atom stereocenters. The minimum absolute atomic E-state index is 0.533. The zero-order chi connectivity index (χ0) is 15.6. The summed E-state index contributed by atoms with van der Waals surface area (Å²) in [5.41, 5.74) is 5.87. The Hall–Kier alpha value is -0.820. The summed E-state index contributed by atoms with van der Waals surface area (Å²) in [7, 11) is 0. The number of hydrogen-bond donors (Lipinski definition) is 1. The predicted molar refractivity (Wildman–Crippen MR) is 92.7 cm³/mol. The number of hydrogen-bond acceptors (Lipinski definition) is 1. The highest BCUT2D eigenvalue weighted by molar-refractivity contribution is 5.40. The Morgan fingerprint density at radius 2 is 1.67 bits per heavy atom. The molecule has 1 saturated carbocycles. The van der Waals surface area contributed by atoms with Crippen molar-refractivity contribution < 1.29 is 0 Å². The maximum atomic E-state index is 3.81. The molecule has 0 aromatic heterocycles. The van der Waals surface area contributed by atoms with Crippen molar-refractivity contribution in [1.82, 2.24) is 5.32 Å². The Morgan fingerprint density at radius 3 is 2.19 bits per heavy atom.